The van der Waals surface area contributed by atoms with Crippen molar-refractivity contribution in [2.45, 2.75) is 33.2 Å². The predicted molar refractivity (Wildman–Crippen MR) is 69.5 cm³/mol. The second-order valence-corrected chi connectivity index (χ2v) is 4.68. The van der Waals surface area contributed by atoms with Gasteiger partial charge in [-0.1, -0.05) is 13.8 Å². The zero-order chi connectivity index (χ0) is 12.8. The maximum absolute atomic E-state index is 9.35. The Morgan fingerprint density at radius 1 is 1.47 bits per heavy atom. The Balaban J connectivity index is 2.80. The highest BCUT2D eigenvalue weighted by Gasteiger charge is 2.12. The third kappa shape index (κ3) is 4.23. The number of hydrogen-bond donors (Lipinski definition) is 2. The molecule has 2 N–H and O–H groups in total. The molecule has 1 rings (SSSR count). The van der Waals surface area contributed by atoms with E-state index >= 15 is 0 Å². The van der Waals surface area contributed by atoms with Crippen LogP contribution in [0.5, 0.6) is 5.75 Å². The van der Waals surface area contributed by atoms with Gasteiger partial charge in [0.2, 0.25) is 0 Å². The van der Waals surface area contributed by atoms with Crippen molar-refractivity contribution in [2.24, 2.45) is 5.92 Å². The van der Waals surface area contributed by atoms with E-state index < -0.39 is 0 Å². The second kappa shape index (κ2) is 6.45. The molecule has 0 amide bonds. The Bertz CT molecular complexity index is 353. The molecule has 1 unspecified atom stereocenters. The van der Waals surface area contributed by atoms with E-state index in [1.54, 1.807) is 13.3 Å². The van der Waals surface area contributed by atoms with Crippen LogP contribution in [0.15, 0.2) is 12.3 Å². The smallest absolute Gasteiger partial charge is 0.160 e. The van der Waals surface area contributed by atoms with Crippen LogP contribution in [0.2, 0.25) is 0 Å². The summed E-state index contributed by atoms with van der Waals surface area (Å²) in [4.78, 5) is 4.18. The van der Waals surface area contributed by atoms with E-state index in [1.807, 2.05) is 13.0 Å². The number of nitrogens with one attached hydrogen (secondary N) is 1. The van der Waals surface area contributed by atoms with E-state index in [9.17, 15) is 5.11 Å². The molecule has 0 aliphatic heterocycles. The van der Waals surface area contributed by atoms with Crippen molar-refractivity contribution in [3.63, 3.8) is 0 Å². The van der Waals surface area contributed by atoms with Crippen LogP contribution in [0.1, 0.15) is 26.0 Å². The van der Waals surface area contributed by atoms with Crippen molar-refractivity contribution in [3.05, 3.63) is 18.0 Å². The van der Waals surface area contributed by atoms with E-state index in [-0.39, 0.29) is 12.6 Å². The van der Waals surface area contributed by atoms with Crippen molar-refractivity contribution in [2.75, 3.05) is 19.0 Å². The molecule has 96 valence electrons. The first kappa shape index (κ1) is 13.8. The molecule has 0 aromatic carbocycles. The van der Waals surface area contributed by atoms with E-state index in [0.29, 0.717) is 11.7 Å². The maximum atomic E-state index is 9.35. The van der Waals surface area contributed by atoms with Gasteiger partial charge in [-0.15, -0.1) is 0 Å². The van der Waals surface area contributed by atoms with E-state index in [4.69, 9.17) is 4.74 Å². The van der Waals surface area contributed by atoms with Crippen molar-refractivity contribution >= 4 is 5.69 Å². The van der Waals surface area contributed by atoms with Crippen LogP contribution < -0.4 is 10.1 Å². The first-order valence-electron chi connectivity index (χ1n) is 5.94. The van der Waals surface area contributed by atoms with Crippen LogP contribution in [0.3, 0.4) is 0 Å². The summed E-state index contributed by atoms with van der Waals surface area (Å²) in [5, 5.41) is 12.7. The summed E-state index contributed by atoms with van der Waals surface area (Å²) < 4.78 is 5.24. The number of methoxy groups -OCH3 is 1. The Kier molecular flexibility index (Phi) is 5.22. The van der Waals surface area contributed by atoms with Gasteiger partial charge in [-0.25, -0.2) is 0 Å². The molecule has 0 radical (unpaired) electrons. The SMILES string of the molecule is COc1cnc(C)cc1NC(CO)CC(C)C. The Labute approximate surface area is 103 Å². The van der Waals surface area contributed by atoms with Crippen molar-refractivity contribution < 1.29 is 9.84 Å². The molecule has 4 nitrogen and oxygen atoms in total. The number of ether oxygens (including phenoxy) is 1. The molecule has 0 fully saturated rings. The number of hydrogen-bond acceptors (Lipinski definition) is 4. The minimum absolute atomic E-state index is 0.0469. The van der Waals surface area contributed by atoms with Gasteiger partial charge in [0.25, 0.3) is 0 Å². The molecule has 0 aliphatic rings. The van der Waals surface area contributed by atoms with Gasteiger partial charge < -0.3 is 15.2 Å². The molecular weight excluding hydrogens is 216 g/mol. The number of aliphatic hydroxyl groups excluding tert-OH is 1. The largest absolute Gasteiger partial charge is 0.493 e. The monoisotopic (exact) mass is 238 g/mol. The first-order valence-corrected chi connectivity index (χ1v) is 5.94. The molecule has 1 aromatic heterocycles. The van der Waals surface area contributed by atoms with Crippen LogP contribution >= 0.6 is 0 Å². The molecule has 1 aromatic rings. The summed E-state index contributed by atoms with van der Waals surface area (Å²) in [6.07, 6.45) is 2.61. The maximum Gasteiger partial charge on any atom is 0.160 e. The number of rotatable bonds is 6. The third-order valence-electron chi connectivity index (χ3n) is 2.56. The number of nitrogens with zero attached hydrogens (tertiary/aromatic N) is 1. The number of aromatic nitrogens is 1. The lowest BCUT2D eigenvalue weighted by molar-refractivity contribution is 0.259. The molecule has 1 heterocycles. The number of aliphatic hydroxyl groups is 1. The van der Waals surface area contributed by atoms with Crippen LogP contribution in [0.25, 0.3) is 0 Å². The number of anilines is 1. The van der Waals surface area contributed by atoms with Gasteiger partial charge in [0, 0.05) is 11.7 Å². The van der Waals surface area contributed by atoms with Gasteiger partial charge in [0.15, 0.2) is 5.75 Å². The molecule has 0 bridgehead atoms. The van der Waals surface area contributed by atoms with Crippen molar-refractivity contribution in [3.8, 4) is 5.75 Å². The lowest BCUT2D eigenvalue weighted by atomic mass is 10.0. The van der Waals surface area contributed by atoms with Gasteiger partial charge in [0.05, 0.1) is 25.6 Å². The molecule has 0 saturated carbocycles. The normalized spacial score (nSPS) is 12.6. The fourth-order valence-electron chi connectivity index (χ4n) is 1.79. The lowest BCUT2D eigenvalue weighted by Crippen LogP contribution is -2.25. The average molecular weight is 238 g/mol. The van der Waals surface area contributed by atoms with Gasteiger partial charge in [-0.2, -0.15) is 0 Å². The van der Waals surface area contributed by atoms with E-state index in [2.05, 4.69) is 24.1 Å². The van der Waals surface area contributed by atoms with Gasteiger partial charge in [-0.05, 0) is 25.3 Å². The topological polar surface area (TPSA) is 54.4 Å². The minimum Gasteiger partial charge on any atom is -0.493 e. The molecular formula is C13H22N2O2. The predicted octanol–water partition coefficient (Wildman–Crippen LogP) is 2.22. The first-order chi connectivity index (χ1) is 8.06. The summed E-state index contributed by atoms with van der Waals surface area (Å²) in [6.45, 7) is 6.32. The average Bonchev–Trinajstić information content (AvgIpc) is 2.28. The highest BCUT2D eigenvalue weighted by Crippen LogP contribution is 2.25. The summed E-state index contributed by atoms with van der Waals surface area (Å²) in [5.41, 5.74) is 1.81. The molecule has 0 aliphatic carbocycles. The number of pyridine rings is 1. The Morgan fingerprint density at radius 2 is 2.18 bits per heavy atom. The summed E-state index contributed by atoms with van der Waals surface area (Å²) >= 11 is 0. The number of aryl methyl sites for hydroxylation is 1. The standard InChI is InChI=1S/C13H22N2O2/c1-9(2)5-11(8-16)15-12-6-10(3)14-7-13(12)17-4/h6-7,9,11,16H,5,8H2,1-4H3,(H,14,15). The summed E-state index contributed by atoms with van der Waals surface area (Å²) in [7, 11) is 1.62. The van der Waals surface area contributed by atoms with Crippen molar-refractivity contribution in [1.82, 2.24) is 4.98 Å². The summed E-state index contributed by atoms with van der Waals surface area (Å²) in [5.74, 6) is 1.24. The summed E-state index contributed by atoms with van der Waals surface area (Å²) in [6, 6.07) is 1.98. The molecule has 0 saturated heterocycles. The molecule has 1 atom stereocenters. The zero-order valence-electron chi connectivity index (χ0n) is 11.0. The van der Waals surface area contributed by atoms with Gasteiger partial charge in [0.1, 0.15) is 0 Å². The Morgan fingerprint density at radius 3 is 2.71 bits per heavy atom. The van der Waals surface area contributed by atoms with Gasteiger partial charge >= 0.3 is 0 Å². The van der Waals surface area contributed by atoms with E-state index in [0.717, 1.165) is 17.8 Å². The van der Waals surface area contributed by atoms with Crippen LogP contribution in [-0.4, -0.2) is 29.8 Å². The quantitative estimate of drug-likeness (QED) is 0.798. The molecule has 17 heavy (non-hydrogen) atoms. The zero-order valence-corrected chi connectivity index (χ0v) is 11.0. The van der Waals surface area contributed by atoms with E-state index in [1.165, 1.54) is 0 Å². The van der Waals surface area contributed by atoms with Crippen LogP contribution in [0.4, 0.5) is 5.69 Å². The fourth-order valence-corrected chi connectivity index (χ4v) is 1.79. The third-order valence-corrected chi connectivity index (χ3v) is 2.56. The Hall–Kier alpha value is -1.29. The minimum atomic E-state index is 0.0469. The fraction of sp³-hybridized carbons (Fsp3) is 0.615. The van der Waals surface area contributed by atoms with Crippen LogP contribution in [-0.2, 0) is 0 Å². The molecule has 0 spiro atoms. The van der Waals surface area contributed by atoms with Gasteiger partial charge in [-0.3, -0.25) is 4.98 Å². The highest BCUT2D eigenvalue weighted by molar-refractivity contribution is 5.56. The van der Waals surface area contributed by atoms with Crippen LogP contribution in [0, 0.1) is 12.8 Å². The lowest BCUT2D eigenvalue weighted by Gasteiger charge is -2.21. The molecule has 4 heteroatoms. The second-order valence-electron chi connectivity index (χ2n) is 4.68. The highest BCUT2D eigenvalue weighted by atomic mass is 16.5. The van der Waals surface area contributed by atoms with Crippen molar-refractivity contribution in [1.29, 1.82) is 0 Å².